The smallest absolute Gasteiger partial charge is 0.324 e. The minimum atomic E-state index is -1.08. The normalized spacial score (nSPS) is 22.5. The van der Waals surface area contributed by atoms with E-state index >= 15 is 0 Å². The Hall–Kier alpha value is -1.41. The first kappa shape index (κ1) is 28.6. The van der Waals surface area contributed by atoms with Gasteiger partial charge in [0.2, 0.25) is 0 Å². The number of amides is 2. The molecule has 37 heavy (non-hydrogen) atoms. The molecule has 3 atom stereocenters. The number of urea groups is 1. The number of aliphatic hydroxyl groups is 2. The Bertz CT molecular complexity index is 1110. The lowest BCUT2D eigenvalue weighted by molar-refractivity contribution is -0.0697. The molecule has 9 heteroatoms. The molecule has 0 aromatic heterocycles. The summed E-state index contributed by atoms with van der Waals surface area (Å²) in [6.45, 7) is 4.40. The number of aliphatic hydroxyl groups excluding tert-OH is 1. The van der Waals surface area contributed by atoms with Gasteiger partial charge in [0, 0.05) is 43.4 Å². The fourth-order valence-electron chi connectivity index (χ4n) is 5.15. The summed E-state index contributed by atoms with van der Waals surface area (Å²) in [5.41, 5.74) is 1.93. The number of piperidine rings is 1. The number of carbonyl (C=O) groups is 1. The SMILES string of the molecule is C=IC(Oc1cc(N2C[C@@H](c3ccccc3)N(C)C2=O)ccc1CN1CCC[C@H]([C@](C)(O)CO)C1)I=C. The summed E-state index contributed by atoms with van der Waals surface area (Å²) in [6, 6.07) is 16.2. The molecule has 0 saturated carbocycles. The van der Waals surface area contributed by atoms with E-state index < -0.39 is 5.60 Å². The van der Waals surface area contributed by atoms with E-state index in [0.717, 1.165) is 48.5 Å². The van der Waals surface area contributed by atoms with Gasteiger partial charge in [0.1, 0.15) is 5.75 Å². The maximum atomic E-state index is 13.2. The lowest BCUT2D eigenvalue weighted by Crippen LogP contribution is -2.47. The van der Waals surface area contributed by atoms with Crippen LogP contribution in [0.5, 0.6) is 5.75 Å². The molecule has 2 aliphatic rings. The number of ether oxygens (including phenoxy) is 1. The number of benzene rings is 2. The van der Waals surface area contributed by atoms with Gasteiger partial charge in [-0.05, 0) is 37.9 Å². The highest BCUT2D eigenvalue weighted by Crippen LogP contribution is 2.37. The van der Waals surface area contributed by atoms with Crippen LogP contribution in [-0.4, -0.2) is 76.1 Å². The third kappa shape index (κ3) is 6.60. The number of hydrogen-bond acceptors (Lipinski definition) is 5. The van der Waals surface area contributed by atoms with Crippen LogP contribution in [0.3, 0.4) is 0 Å². The van der Waals surface area contributed by atoms with Crippen molar-refractivity contribution in [3.8, 4) is 5.75 Å². The van der Waals surface area contributed by atoms with Crippen LogP contribution in [0.4, 0.5) is 10.5 Å². The predicted octanol–water partition coefficient (Wildman–Crippen LogP) is 4.72. The van der Waals surface area contributed by atoms with E-state index in [1.165, 1.54) is 0 Å². The van der Waals surface area contributed by atoms with Gasteiger partial charge in [-0.3, -0.25) is 9.80 Å². The number of hydrogen-bond donors (Lipinski definition) is 2. The van der Waals surface area contributed by atoms with E-state index in [-0.39, 0.29) is 68.2 Å². The molecule has 2 saturated heterocycles. The molecule has 2 amide bonds. The van der Waals surface area contributed by atoms with Crippen molar-refractivity contribution in [1.29, 1.82) is 0 Å². The van der Waals surface area contributed by atoms with Crippen LogP contribution in [-0.2, 0) is 6.54 Å². The molecule has 2 aliphatic heterocycles. The van der Waals surface area contributed by atoms with Gasteiger partial charge >= 0.3 is 6.03 Å². The standard InChI is InChI=1S/C28H37I2N3O4/c1-28(36,19-34)22-11-8-14-32(17-22)16-21-12-13-23(15-25(21)37-26(29-2)30-3)33-18-24(31(4)27(33)35)20-9-6-5-7-10-20/h5-7,9-10,12-13,15,22,24,26,34,36H,2-3,8,11,14,16-19H2,1,4H3/t22-,24-,28+/m0/s1. The maximum Gasteiger partial charge on any atom is 0.324 e. The molecule has 0 aliphatic carbocycles. The summed E-state index contributed by atoms with van der Waals surface area (Å²) in [7, 11) is 1.86. The fourth-order valence-corrected chi connectivity index (χ4v) is 7.87. The Balaban J connectivity index is 1.59. The zero-order valence-corrected chi connectivity index (χ0v) is 25.8. The third-order valence-corrected chi connectivity index (χ3v) is 13.8. The molecule has 0 bridgehead atoms. The molecule has 0 radical (unpaired) electrons. The highest BCUT2D eigenvalue weighted by molar-refractivity contribution is 14.3. The van der Waals surface area contributed by atoms with Crippen molar-refractivity contribution in [1.82, 2.24) is 9.80 Å². The van der Waals surface area contributed by atoms with Crippen LogP contribution in [0.2, 0.25) is 0 Å². The van der Waals surface area contributed by atoms with Crippen molar-refractivity contribution in [3.63, 3.8) is 0 Å². The van der Waals surface area contributed by atoms with Crippen molar-refractivity contribution in [2.45, 2.75) is 40.1 Å². The van der Waals surface area contributed by atoms with Crippen LogP contribution in [0, 0.1) is 5.92 Å². The van der Waals surface area contributed by atoms with Crippen molar-refractivity contribution in [3.05, 3.63) is 59.7 Å². The Morgan fingerprint density at radius 1 is 1.16 bits per heavy atom. The fraction of sp³-hybridized carbons (Fsp3) is 0.464. The first-order chi connectivity index (χ1) is 17.8. The lowest BCUT2D eigenvalue weighted by Gasteiger charge is -2.39. The van der Waals surface area contributed by atoms with Gasteiger partial charge in [0.05, 0.1) is 24.8 Å². The van der Waals surface area contributed by atoms with Gasteiger partial charge in [-0.15, -0.1) is 0 Å². The summed E-state index contributed by atoms with van der Waals surface area (Å²) in [6.07, 6.45) is 1.88. The summed E-state index contributed by atoms with van der Waals surface area (Å²) >= 11 is -0.736. The average molecular weight is 733 g/mol. The molecule has 2 N–H and O–H groups in total. The molecular weight excluding hydrogens is 696 g/mol. The molecule has 4 rings (SSSR count). The topological polar surface area (TPSA) is 76.5 Å². The molecule has 0 spiro atoms. The van der Waals surface area contributed by atoms with Crippen LogP contribution in [0.15, 0.2) is 48.5 Å². The van der Waals surface area contributed by atoms with Crippen molar-refractivity contribution in [2.24, 2.45) is 5.92 Å². The van der Waals surface area contributed by atoms with Crippen molar-refractivity contribution >= 4 is 62.2 Å². The van der Waals surface area contributed by atoms with Gasteiger partial charge in [0.25, 0.3) is 0 Å². The molecule has 2 aromatic rings. The van der Waals surface area contributed by atoms with Crippen molar-refractivity contribution in [2.75, 3.05) is 38.2 Å². The summed E-state index contributed by atoms with van der Waals surface area (Å²) in [5, 5.41) is 20.3. The minimum absolute atomic E-state index is 0.00786. The molecular formula is C28H37I2N3O4. The highest BCUT2D eigenvalue weighted by atomic mass is 127. The Kier molecular flexibility index (Phi) is 9.76. The number of halogens is 2. The zero-order chi connectivity index (χ0) is 26.6. The minimum Gasteiger partial charge on any atom is -0.471 e. The first-order valence-electron chi connectivity index (χ1n) is 12.5. The second kappa shape index (κ2) is 12.6. The van der Waals surface area contributed by atoms with Crippen LogP contribution in [0.25, 0.3) is 0 Å². The van der Waals surface area contributed by atoms with Gasteiger partial charge in [-0.1, -0.05) is 86.9 Å². The number of likely N-dealkylation sites (N-methyl/N-ethyl adjacent to an activating group) is 1. The quantitative estimate of drug-likeness (QED) is 0.273. The Labute approximate surface area is 239 Å². The van der Waals surface area contributed by atoms with Gasteiger partial charge < -0.3 is 19.8 Å². The average Bonchev–Trinajstić information content (AvgIpc) is 3.22. The van der Waals surface area contributed by atoms with Gasteiger partial charge in [-0.2, -0.15) is 0 Å². The number of carbonyl (C=O) groups excluding carboxylic acids is 1. The van der Waals surface area contributed by atoms with E-state index in [2.05, 4.69) is 32.1 Å². The molecule has 7 nitrogen and oxygen atoms in total. The summed E-state index contributed by atoms with van der Waals surface area (Å²) < 4.78 is 14.9. The monoisotopic (exact) mass is 733 g/mol. The predicted molar refractivity (Wildman–Crippen MR) is 169 cm³/mol. The third-order valence-electron chi connectivity index (χ3n) is 7.46. The summed E-state index contributed by atoms with van der Waals surface area (Å²) in [4.78, 5) is 19.2. The second-order valence-corrected chi connectivity index (χ2v) is 16.4. The van der Waals surface area contributed by atoms with E-state index in [0.29, 0.717) is 13.1 Å². The van der Waals surface area contributed by atoms with Gasteiger partial charge in [0.15, 0.2) is 2.12 Å². The number of alkyl halides is 2. The number of likely N-dealkylation sites (tertiary alicyclic amines) is 1. The number of rotatable bonds is 10. The van der Waals surface area contributed by atoms with Crippen LogP contribution < -0.4 is 9.64 Å². The first-order valence-corrected chi connectivity index (χ1v) is 18.0. The summed E-state index contributed by atoms with van der Waals surface area (Å²) in [5.74, 6) is 0.815. The largest absolute Gasteiger partial charge is 0.471 e. The van der Waals surface area contributed by atoms with E-state index in [1.54, 1.807) is 11.8 Å². The van der Waals surface area contributed by atoms with Gasteiger partial charge in [-0.25, -0.2) is 4.79 Å². The molecule has 0 unspecified atom stereocenters. The van der Waals surface area contributed by atoms with E-state index in [4.69, 9.17) is 4.74 Å². The zero-order valence-electron chi connectivity index (χ0n) is 21.5. The highest BCUT2D eigenvalue weighted by Gasteiger charge is 2.37. The Morgan fingerprint density at radius 2 is 1.89 bits per heavy atom. The van der Waals surface area contributed by atoms with E-state index in [9.17, 15) is 15.0 Å². The lowest BCUT2D eigenvalue weighted by atomic mass is 9.83. The Morgan fingerprint density at radius 3 is 2.57 bits per heavy atom. The molecule has 2 fully saturated rings. The molecule has 2 heterocycles. The maximum absolute atomic E-state index is 13.2. The second-order valence-electron chi connectivity index (χ2n) is 10.00. The van der Waals surface area contributed by atoms with Crippen LogP contribution in [0.1, 0.15) is 36.9 Å². The molecule has 202 valence electrons. The van der Waals surface area contributed by atoms with Crippen LogP contribution >= 0.6 is 41.5 Å². The molecule has 2 aromatic carbocycles. The van der Waals surface area contributed by atoms with Crippen molar-refractivity contribution < 1.29 is 19.7 Å². The van der Waals surface area contributed by atoms with E-state index in [1.807, 2.05) is 42.3 Å². The number of nitrogens with zero attached hydrogens (tertiary/aromatic N) is 3. The number of anilines is 1.